The van der Waals surface area contributed by atoms with Crippen molar-refractivity contribution in [2.24, 2.45) is 22.1 Å². The van der Waals surface area contributed by atoms with Gasteiger partial charge in [-0.25, -0.2) is 9.00 Å². The van der Waals surface area contributed by atoms with E-state index in [9.17, 15) is 13.8 Å². The van der Waals surface area contributed by atoms with Crippen LogP contribution in [-0.4, -0.2) is 74.1 Å². The molecule has 7 rings (SSSR count). The minimum absolute atomic E-state index is 0.0185. The number of rotatable bonds is 4. The number of ether oxygens (including phenoxy) is 3. The van der Waals surface area contributed by atoms with E-state index in [1.165, 1.54) is 11.1 Å². The van der Waals surface area contributed by atoms with Crippen molar-refractivity contribution in [3.05, 3.63) is 70.3 Å². The molecule has 2 aliphatic heterocycles. The molecule has 5 aliphatic rings. The lowest BCUT2D eigenvalue weighted by Crippen LogP contribution is -2.49. The molecule has 0 aromatic heterocycles. The molecule has 264 valence electrons. The van der Waals surface area contributed by atoms with Gasteiger partial charge < -0.3 is 24.4 Å². The second-order valence-electron chi connectivity index (χ2n) is 14.7. The second kappa shape index (κ2) is 13.9. The van der Waals surface area contributed by atoms with Crippen LogP contribution in [-0.2, 0) is 31.2 Å². The number of anilines is 1. The van der Waals surface area contributed by atoms with E-state index in [0.717, 1.165) is 55.9 Å². The largest absolute Gasteiger partial charge is 0.490 e. The summed E-state index contributed by atoms with van der Waals surface area (Å²) >= 11 is 6.45. The summed E-state index contributed by atoms with van der Waals surface area (Å²) in [5.41, 5.74) is 3.42. The molecule has 2 N–H and O–H groups in total. The van der Waals surface area contributed by atoms with Gasteiger partial charge in [0.1, 0.15) is 15.7 Å². The van der Waals surface area contributed by atoms with Crippen LogP contribution in [0.1, 0.15) is 66.9 Å². The first kappa shape index (κ1) is 34.3. The number of amides is 3. The molecule has 1 unspecified atom stereocenters. The van der Waals surface area contributed by atoms with Crippen molar-refractivity contribution >= 4 is 39.1 Å². The average molecular weight is 711 g/mol. The molecule has 0 radical (unpaired) electrons. The lowest BCUT2D eigenvalue weighted by Gasteiger charge is -2.46. The van der Waals surface area contributed by atoms with E-state index in [-0.39, 0.29) is 35.3 Å². The maximum Gasteiger partial charge on any atom is 0.327 e. The number of halogens is 1. The summed E-state index contributed by atoms with van der Waals surface area (Å²) in [7, 11) is -0.129. The maximum absolute atomic E-state index is 14.3. The number of benzene rings is 2. The molecule has 10 nitrogen and oxygen atoms in total. The summed E-state index contributed by atoms with van der Waals surface area (Å²) in [5, 5.41) is 3.54. The predicted octanol–water partition coefficient (Wildman–Crippen LogP) is 6.06. The van der Waals surface area contributed by atoms with Crippen LogP contribution in [0.4, 0.5) is 10.5 Å². The summed E-state index contributed by atoms with van der Waals surface area (Å²) in [4.78, 5) is 29.2. The molecule has 2 saturated carbocycles. The van der Waals surface area contributed by atoms with Crippen molar-refractivity contribution in [3.63, 3.8) is 0 Å². The number of fused-ring (bicyclic) bond motifs is 4. The van der Waals surface area contributed by atoms with Crippen LogP contribution in [0.2, 0.25) is 5.02 Å². The third kappa shape index (κ3) is 7.22. The van der Waals surface area contributed by atoms with Gasteiger partial charge in [0.2, 0.25) is 0 Å². The minimum atomic E-state index is -3.48. The van der Waals surface area contributed by atoms with Crippen LogP contribution in [0, 0.1) is 17.8 Å². The Morgan fingerprint density at radius 2 is 2.02 bits per heavy atom. The van der Waals surface area contributed by atoms with Gasteiger partial charge in [-0.05, 0) is 104 Å². The van der Waals surface area contributed by atoms with E-state index in [4.69, 9.17) is 25.8 Å². The first-order chi connectivity index (χ1) is 23.6. The molecule has 2 fully saturated rings. The highest BCUT2D eigenvalue weighted by molar-refractivity contribution is 7.92. The van der Waals surface area contributed by atoms with Gasteiger partial charge in [-0.2, -0.15) is 0 Å². The lowest BCUT2D eigenvalue weighted by molar-refractivity contribution is 0.0131. The van der Waals surface area contributed by atoms with Crippen LogP contribution in [0.5, 0.6) is 5.75 Å². The number of methoxy groups -OCH3 is 2. The summed E-state index contributed by atoms with van der Waals surface area (Å²) in [5.74, 6) is 0.700. The van der Waals surface area contributed by atoms with Crippen LogP contribution in [0.25, 0.3) is 0 Å². The van der Waals surface area contributed by atoms with E-state index < -0.39 is 21.9 Å². The molecule has 12 heteroatoms. The third-order valence-electron chi connectivity index (χ3n) is 11.1. The zero-order valence-electron chi connectivity index (χ0n) is 28.5. The van der Waals surface area contributed by atoms with Gasteiger partial charge >= 0.3 is 6.03 Å². The highest BCUT2D eigenvalue weighted by Gasteiger charge is 2.44. The normalized spacial score (nSPS) is 34.6. The molecule has 2 heterocycles. The van der Waals surface area contributed by atoms with Gasteiger partial charge in [-0.15, -0.1) is 4.36 Å². The molecule has 3 aliphatic carbocycles. The number of nitrogens with one attached hydrogen (secondary N) is 2. The fraction of sp³-hybridized carbons (Fsp3) is 0.568. The number of urea groups is 1. The number of hydrogen-bond acceptors (Lipinski definition) is 7. The van der Waals surface area contributed by atoms with Gasteiger partial charge in [0.15, 0.2) is 0 Å². The van der Waals surface area contributed by atoms with Crippen LogP contribution in [0.3, 0.4) is 0 Å². The van der Waals surface area contributed by atoms with E-state index in [2.05, 4.69) is 43.6 Å². The van der Waals surface area contributed by atoms with Gasteiger partial charge in [0.25, 0.3) is 5.91 Å². The highest BCUT2D eigenvalue weighted by atomic mass is 35.5. The fourth-order valence-electron chi connectivity index (χ4n) is 8.29. The van der Waals surface area contributed by atoms with Gasteiger partial charge in [-0.1, -0.05) is 36.7 Å². The molecule has 2 bridgehead atoms. The van der Waals surface area contributed by atoms with Crippen molar-refractivity contribution in [1.82, 2.24) is 10.0 Å². The first-order valence-corrected chi connectivity index (χ1v) is 19.6. The van der Waals surface area contributed by atoms with Crippen molar-refractivity contribution in [3.8, 4) is 5.75 Å². The van der Waals surface area contributed by atoms with Crippen molar-refractivity contribution in [2.75, 3.05) is 44.6 Å². The number of allylic oxidation sites excluding steroid dienone is 1. The number of hydrogen-bond donors (Lipinski definition) is 2. The Morgan fingerprint density at radius 3 is 2.78 bits per heavy atom. The van der Waals surface area contributed by atoms with Gasteiger partial charge in [0.05, 0.1) is 36.3 Å². The highest BCUT2D eigenvalue weighted by Crippen LogP contribution is 2.47. The van der Waals surface area contributed by atoms with E-state index >= 15 is 0 Å². The molecule has 0 saturated heterocycles. The van der Waals surface area contributed by atoms with E-state index in [1.54, 1.807) is 20.3 Å². The summed E-state index contributed by atoms with van der Waals surface area (Å²) in [6.45, 7) is 3.97. The Bertz CT molecular complexity index is 1760. The van der Waals surface area contributed by atoms with E-state index in [0.29, 0.717) is 42.6 Å². The average Bonchev–Trinajstić information content (AvgIpc) is 3.83. The fourth-order valence-corrected chi connectivity index (χ4v) is 10.3. The lowest BCUT2D eigenvalue weighted by atomic mass is 9.68. The molecular formula is C37H47ClN4O6S. The van der Waals surface area contributed by atoms with Gasteiger partial charge in [-0.3, -0.25) is 9.52 Å². The Morgan fingerprint density at radius 1 is 1.16 bits per heavy atom. The summed E-state index contributed by atoms with van der Waals surface area (Å²) in [6.07, 6.45) is 10.5. The molecule has 1 spiro atoms. The molecule has 2 aromatic carbocycles. The standard InChI is InChI=1S/C37H47ClN4O6S/c1-23-6-4-8-32(46-2)28-12-9-26(28)19-42-21-37(15-5-7-24-16-27(38)11-13-29(24)37)22-48-33-14-10-25(17-31(33)42)35(43)40-49(45,20-23)41-36(44)39-30-18-34(30)47-3/h4,8,10-11,13-14,16-17,23,26,28,30,32,34H,5-7,9,12,15,18-22H2,1-3H3,(H2,39,40,41,43,44,45)/b8-4+/t23-,26-,28+,30-,32-,34-,37-,49?/m0/s1. The summed E-state index contributed by atoms with van der Waals surface area (Å²) < 4.78 is 39.1. The topological polar surface area (TPSA) is 119 Å². The number of carbonyl (C=O) groups excluding carboxylic acids is 2. The van der Waals surface area contributed by atoms with Crippen molar-refractivity contribution in [1.29, 1.82) is 0 Å². The van der Waals surface area contributed by atoms with Crippen LogP contribution >= 0.6 is 11.6 Å². The number of nitrogens with zero attached hydrogens (tertiary/aromatic N) is 2. The van der Waals surface area contributed by atoms with Crippen molar-refractivity contribution in [2.45, 2.75) is 75.5 Å². The zero-order valence-corrected chi connectivity index (χ0v) is 30.1. The Kier molecular flexibility index (Phi) is 9.73. The van der Waals surface area contributed by atoms with Crippen LogP contribution < -0.4 is 19.7 Å². The zero-order chi connectivity index (χ0) is 34.3. The molecule has 3 amide bonds. The number of carbonyl (C=O) groups is 2. The number of aryl methyl sites for hydroxylation is 1. The third-order valence-corrected chi connectivity index (χ3v) is 13.3. The first-order valence-electron chi connectivity index (χ1n) is 17.5. The Labute approximate surface area is 294 Å². The predicted molar refractivity (Wildman–Crippen MR) is 191 cm³/mol. The second-order valence-corrected chi connectivity index (χ2v) is 17.1. The van der Waals surface area contributed by atoms with Crippen molar-refractivity contribution < 1.29 is 28.0 Å². The minimum Gasteiger partial charge on any atom is -0.490 e. The smallest absolute Gasteiger partial charge is 0.327 e. The van der Waals surface area contributed by atoms with E-state index in [1.807, 2.05) is 25.1 Å². The molecular weight excluding hydrogens is 664 g/mol. The molecule has 2 aromatic rings. The molecule has 49 heavy (non-hydrogen) atoms. The molecule has 8 atom stereocenters. The quantitative estimate of drug-likeness (QED) is 0.371. The maximum atomic E-state index is 14.3. The monoisotopic (exact) mass is 710 g/mol. The van der Waals surface area contributed by atoms with Gasteiger partial charge in [0, 0.05) is 43.3 Å². The summed E-state index contributed by atoms with van der Waals surface area (Å²) in [6, 6.07) is 10.8. The Balaban J connectivity index is 1.27. The van der Waals surface area contributed by atoms with Crippen LogP contribution in [0.15, 0.2) is 52.9 Å². The Hall–Kier alpha value is -3.12. The SMILES string of the molecule is CO[C@H]1/C=C/C[C@H](C)CS(=O)(NC(=O)N[C@H]2C[C@@H]2OC)=NC(=O)c2ccc3c(c2)N(C[C@@H]2CC[C@H]21)C[C@@]1(CCCc2cc(Cl)ccc21)CO3.